The Morgan fingerprint density at radius 2 is 1.94 bits per heavy atom. The maximum absolute atomic E-state index is 14.7. The summed E-state index contributed by atoms with van der Waals surface area (Å²) in [4.78, 5) is 2.25. The van der Waals surface area contributed by atoms with Gasteiger partial charge in [0.25, 0.3) is 0 Å². The highest BCUT2D eigenvalue weighted by atomic mass is 32.2. The van der Waals surface area contributed by atoms with Crippen molar-refractivity contribution >= 4 is 27.5 Å². The smallest absolute Gasteiger partial charge is 0.238 e. The van der Waals surface area contributed by atoms with Crippen LogP contribution in [0.5, 0.6) is 0 Å². The molecule has 6 nitrogen and oxygen atoms in total. The van der Waals surface area contributed by atoms with Crippen LogP contribution in [0.2, 0.25) is 0 Å². The van der Waals surface area contributed by atoms with Crippen molar-refractivity contribution in [2.24, 2.45) is 5.14 Å². The van der Waals surface area contributed by atoms with Crippen molar-refractivity contribution in [1.29, 1.82) is 5.26 Å². The van der Waals surface area contributed by atoms with Crippen LogP contribution in [-0.4, -0.2) is 50.9 Å². The summed E-state index contributed by atoms with van der Waals surface area (Å²) in [5.41, 5.74) is -0.305. The highest BCUT2D eigenvalue weighted by Gasteiger charge is 2.27. The van der Waals surface area contributed by atoms with Crippen molar-refractivity contribution in [3.05, 3.63) is 53.6 Å². The second kappa shape index (κ2) is 9.91. The fourth-order valence-corrected chi connectivity index (χ4v) is 4.66. The summed E-state index contributed by atoms with van der Waals surface area (Å²) in [7, 11) is -4.17. The zero-order valence-corrected chi connectivity index (χ0v) is 18.0. The number of rotatable bonds is 9. The number of sulfonamides is 1. The first-order valence-electron chi connectivity index (χ1n) is 9.43. The lowest BCUT2D eigenvalue weighted by Crippen LogP contribution is -2.49. The van der Waals surface area contributed by atoms with E-state index in [9.17, 15) is 26.9 Å². The molecule has 0 aliphatic carbocycles. The van der Waals surface area contributed by atoms with Crippen molar-refractivity contribution in [2.45, 2.75) is 28.4 Å². The van der Waals surface area contributed by atoms with Crippen LogP contribution in [0.15, 0.2) is 46.2 Å². The van der Waals surface area contributed by atoms with Gasteiger partial charge in [0.1, 0.15) is 23.9 Å². The minimum atomic E-state index is -4.17. The topological polar surface area (TPSA) is 99.2 Å². The van der Waals surface area contributed by atoms with Crippen LogP contribution >= 0.6 is 11.8 Å². The summed E-state index contributed by atoms with van der Waals surface area (Å²) >= 11 is 1.42. The van der Waals surface area contributed by atoms with E-state index in [2.05, 4.69) is 5.32 Å². The first-order valence-corrected chi connectivity index (χ1v) is 12.0. The average molecular weight is 471 g/mol. The van der Waals surface area contributed by atoms with E-state index in [1.54, 1.807) is 18.2 Å². The van der Waals surface area contributed by atoms with E-state index in [0.29, 0.717) is 31.8 Å². The molecule has 0 spiro atoms. The summed E-state index contributed by atoms with van der Waals surface area (Å²) in [6.07, 6.45) is -0.310. The maximum atomic E-state index is 14.7. The van der Waals surface area contributed by atoms with Gasteiger partial charge in [-0.1, -0.05) is 0 Å². The minimum Gasteiger partial charge on any atom is -0.378 e. The SMILES string of the molecule is N#Cc1cc(S(N)(=O)=O)cc(F)c1N[C@H](CCN1CC(F)C1)CSc1ccc(F)cc1. The number of benzene rings is 2. The van der Waals surface area contributed by atoms with Crippen molar-refractivity contribution in [3.63, 3.8) is 0 Å². The molecular weight excluding hydrogens is 449 g/mol. The van der Waals surface area contributed by atoms with Crippen LogP contribution in [0.3, 0.4) is 0 Å². The lowest BCUT2D eigenvalue weighted by Gasteiger charge is -2.35. The number of halogens is 3. The van der Waals surface area contributed by atoms with Crippen LogP contribution in [0.4, 0.5) is 18.9 Å². The molecule has 1 heterocycles. The van der Waals surface area contributed by atoms with Gasteiger partial charge in [-0.15, -0.1) is 11.8 Å². The monoisotopic (exact) mass is 470 g/mol. The molecule has 1 fully saturated rings. The zero-order valence-electron chi connectivity index (χ0n) is 16.4. The van der Waals surface area contributed by atoms with E-state index >= 15 is 0 Å². The van der Waals surface area contributed by atoms with Crippen molar-refractivity contribution < 1.29 is 21.6 Å². The third kappa shape index (κ3) is 6.36. The molecule has 0 amide bonds. The Morgan fingerprint density at radius 3 is 2.52 bits per heavy atom. The molecule has 0 unspecified atom stereocenters. The maximum Gasteiger partial charge on any atom is 0.238 e. The fourth-order valence-electron chi connectivity index (χ4n) is 3.14. The molecule has 166 valence electrons. The van der Waals surface area contributed by atoms with Crippen molar-refractivity contribution in [2.75, 3.05) is 30.7 Å². The molecule has 31 heavy (non-hydrogen) atoms. The molecule has 1 aliphatic rings. The number of nitriles is 1. The summed E-state index contributed by atoms with van der Waals surface area (Å²) in [6, 6.07) is 9.20. The van der Waals surface area contributed by atoms with E-state index in [1.165, 1.54) is 23.9 Å². The Hall–Kier alpha value is -2.26. The number of primary sulfonamides is 1. The molecule has 1 atom stereocenters. The number of thioether (sulfide) groups is 1. The molecule has 2 aromatic carbocycles. The van der Waals surface area contributed by atoms with E-state index in [4.69, 9.17) is 5.14 Å². The van der Waals surface area contributed by atoms with E-state index in [1.807, 2.05) is 4.90 Å². The van der Waals surface area contributed by atoms with Crippen LogP contribution in [0.25, 0.3) is 0 Å². The van der Waals surface area contributed by atoms with Crippen LogP contribution in [0, 0.1) is 23.0 Å². The number of likely N-dealkylation sites (tertiary alicyclic amines) is 1. The van der Waals surface area contributed by atoms with E-state index < -0.39 is 26.9 Å². The molecule has 11 heteroatoms. The highest BCUT2D eigenvalue weighted by Crippen LogP contribution is 2.27. The van der Waals surface area contributed by atoms with Gasteiger partial charge in [-0.3, -0.25) is 4.90 Å². The predicted octanol–water partition coefficient (Wildman–Crippen LogP) is 3.10. The molecule has 0 aromatic heterocycles. The second-order valence-electron chi connectivity index (χ2n) is 7.24. The van der Waals surface area contributed by atoms with Gasteiger partial charge in [-0.05, 0) is 42.8 Å². The van der Waals surface area contributed by atoms with Crippen LogP contribution in [-0.2, 0) is 10.0 Å². The Bertz CT molecular complexity index is 1070. The lowest BCUT2D eigenvalue weighted by molar-refractivity contribution is 0.0642. The highest BCUT2D eigenvalue weighted by molar-refractivity contribution is 7.99. The van der Waals surface area contributed by atoms with Gasteiger partial charge < -0.3 is 5.32 Å². The van der Waals surface area contributed by atoms with Gasteiger partial charge in [0.05, 0.1) is 16.1 Å². The molecule has 3 rings (SSSR count). The quantitative estimate of drug-likeness (QED) is 0.547. The van der Waals surface area contributed by atoms with Crippen LogP contribution < -0.4 is 10.5 Å². The molecule has 1 aliphatic heterocycles. The Kier molecular flexibility index (Phi) is 7.48. The molecule has 1 saturated heterocycles. The van der Waals surface area contributed by atoms with Gasteiger partial charge in [0, 0.05) is 36.3 Å². The first-order chi connectivity index (χ1) is 14.7. The third-order valence-corrected chi connectivity index (χ3v) is 6.90. The lowest BCUT2D eigenvalue weighted by atomic mass is 10.1. The molecule has 0 radical (unpaired) electrons. The summed E-state index contributed by atoms with van der Waals surface area (Å²) in [5.74, 6) is -0.805. The Balaban J connectivity index is 1.77. The van der Waals surface area contributed by atoms with E-state index in [-0.39, 0.29) is 23.1 Å². The summed E-state index contributed by atoms with van der Waals surface area (Å²) in [6.45, 7) is 1.26. The number of hydrogen-bond acceptors (Lipinski definition) is 6. The molecule has 2 aromatic rings. The number of alkyl halides is 1. The fraction of sp³-hybridized carbons (Fsp3) is 0.350. The minimum absolute atomic E-state index is 0.119. The van der Waals surface area contributed by atoms with Crippen LogP contribution in [0.1, 0.15) is 12.0 Å². The molecule has 0 saturated carbocycles. The zero-order chi connectivity index (χ0) is 22.6. The average Bonchev–Trinajstić information content (AvgIpc) is 2.69. The first kappa shape index (κ1) is 23.4. The number of anilines is 1. The normalized spacial score (nSPS) is 15.8. The molecule has 3 N–H and O–H groups in total. The molecular formula is C20H21F3N4O2S2. The number of nitrogens with two attached hydrogens (primary N) is 1. The second-order valence-corrected chi connectivity index (χ2v) is 9.89. The summed E-state index contributed by atoms with van der Waals surface area (Å²) in [5, 5.41) is 17.4. The van der Waals surface area contributed by atoms with Crippen molar-refractivity contribution in [1.82, 2.24) is 4.90 Å². The van der Waals surface area contributed by atoms with Gasteiger partial charge >= 0.3 is 0 Å². The Labute approximate surface area is 183 Å². The largest absolute Gasteiger partial charge is 0.378 e. The number of nitrogens with one attached hydrogen (secondary N) is 1. The standard InChI is InChI=1S/C20H21F3N4O2S2/c21-14-1-3-17(4-2-14)30-12-16(5-6-27-10-15(22)11-27)26-20-13(9-24)7-18(8-19(20)23)31(25,28)29/h1-4,7-8,15-16,26H,5-6,10-12H2,(H2,25,28,29)/t16-/m1/s1. The third-order valence-electron chi connectivity index (χ3n) is 4.83. The number of hydrogen-bond donors (Lipinski definition) is 2. The van der Waals surface area contributed by atoms with Gasteiger partial charge in [0.2, 0.25) is 10.0 Å². The predicted molar refractivity (Wildman–Crippen MR) is 113 cm³/mol. The summed E-state index contributed by atoms with van der Waals surface area (Å²) < 4.78 is 64.0. The van der Waals surface area contributed by atoms with Crippen molar-refractivity contribution in [3.8, 4) is 6.07 Å². The number of nitrogens with zero attached hydrogens (tertiary/aromatic N) is 2. The Morgan fingerprint density at radius 1 is 1.26 bits per heavy atom. The van der Waals surface area contributed by atoms with Gasteiger partial charge in [-0.2, -0.15) is 5.26 Å². The van der Waals surface area contributed by atoms with Gasteiger partial charge in [-0.25, -0.2) is 26.7 Å². The van der Waals surface area contributed by atoms with E-state index in [0.717, 1.165) is 17.0 Å². The van der Waals surface area contributed by atoms with Gasteiger partial charge in [0.15, 0.2) is 0 Å². The molecule has 0 bridgehead atoms.